The summed E-state index contributed by atoms with van der Waals surface area (Å²) in [7, 11) is -2.13. The highest BCUT2D eigenvalue weighted by Gasteiger charge is 2.21. The topological polar surface area (TPSA) is 84.9 Å². The zero-order valence-electron chi connectivity index (χ0n) is 18.7. The van der Waals surface area contributed by atoms with E-state index in [1.807, 2.05) is 37.3 Å². The molecule has 33 heavy (non-hydrogen) atoms. The van der Waals surface area contributed by atoms with Crippen molar-refractivity contribution in [3.8, 4) is 5.75 Å². The monoisotopic (exact) mass is 468 g/mol. The van der Waals surface area contributed by atoms with Gasteiger partial charge < -0.3 is 14.8 Å². The largest absolute Gasteiger partial charge is 0.490 e. The van der Waals surface area contributed by atoms with Crippen molar-refractivity contribution in [3.05, 3.63) is 90.0 Å². The van der Waals surface area contributed by atoms with E-state index in [4.69, 9.17) is 9.47 Å². The Morgan fingerprint density at radius 3 is 2.27 bits per heavy atom. The first kappa shape index (κ1) is 24.4. The number of carbonyl (C=O) groups is 1. The van der Waals surface area contributed by atoms with Gasteiger partial charge in [-0.2, -0.15) is 4.31 Å². The average Bonchev–Trinajstić information content (AvgIpc) is 2.83. The number of para-hydroxylation sites is 1. The molecule has 7 nitrogen and oxygen atoms in total. The van der Waals surface area contributed by atoms with Crippen LogP contribution in [0.5, 0.6) is 5.75 Å². The number of anilines is 1. The van der Waals surface area contributed by atoms with Crippen LogP contribution in [0.3, 0.4) is 0 Å². The van der Waals surface area contributed by atoms with Crippen LogP contribution in [0, 0.1) is 0 Å². The van der Waals surface area contributed by atoms with Gasteiger partial charge in [-0.05, 0) is 48.9 Å². The number of nitrogens with zero attached hydrogens (tertiary/aromatic N) is 1. The Balaban J connectivity index is 1.66. The third kappa shape index (κ3) is 6.64. The molecule has 174 valence electrons. The fourth-order valence-electron chi connectivity index (χ4n) is 3.15. The molecule has 3 aromatic carbocycles. The van der Waals surface area contributed by atoms with E-state index in [0.717, 1.165) is 5.56 Å². The molecule has 0 unspecified atom stereocenters. The zero-order chi connectivity index (χ0) is 23.7. The quantitative estimate of drug-likeness (QED) is 0.427. The maximum absolute atomic E-state index is 12.9. The van der Waals surface area contributed by atoms with Gasteiger partial charge in [-0.15, -0.1) is 0 Å². The van der Waals surface area contributed by atoms with Crippen LogP contribution in [0.25, 0.3) is 0 Å². The summed E-state index contributed by atoms with van der Waals surface area (Å²) in [6.07, 6.45) is 0. The third-order valence-electron chi connectivity index (χ3n) is 4.89. The second kappa shape index (κ2) is 11.6. The molecule has 0 bridgehead atoms. The normalized spacial score (nSPS) is 11.4. The highest BCUT2D eigenvalue weighted by Crippen LogP contribution is 2.22. The molecule has 0 radical (unpaired) electrons. The van der Waals surface area contributed by atoms with Crippen molar-refractivity contribution in [2.75, 3.05) is 32.2 Å². The van der Waals surface area contributed by atoms with Crippen LogP contribution in [0.15, 0.2) is 83.8 Å². The number of sulfonamides is 1. The molecule has 0 aliphatic rings. The van der Waals surface area contributed by atoms with Crippen molar-refractivity contribution in [1.82, 2.24) is 4.31 Å². The van der Waals surface area contributed by atoms with Crippen molar-refractivity contribution in [3.63, 3.8) is 0 Å². The van der Waals surface area contributed by atoms with E-state index >= 15 is 0 Å². The first-order valence-corrected chi connectivity index (χ1v) is 12.1. The van der Waals surface area contributed by atoms with Crippen molar-refractivity contribution in [2.45, 2.75) is 18.4 Å². The first-order valence-electron chi connectivity index (χ1n) is 10.6. The van der Waals surface area contributed by atoms with Crippen molar-refractivity contribution in [1.29, 1.82) is 0 Å². The molecule has 0 aromatic heterocycles. The number of benzene rings is 3. The molecular formula is C25H28N2O5S. The molecule has 0 saturated carbocycles. The lowest BCUT2D eigenvalue weighted by molar-refractivity contribution is 0.0998. The average molecular weight is 469 g/mol. The van der Waals surface area contributed by atoms with Crippen LogP contribution in [0.1, 0.15) is 22.8 Å². The lowest BCUT2D eigenvalue weighted by Crippen LogP contribution is -2.26. The van der Waals surface area contributed by atoms with Gasteiger partial charge in [-0.1, -0.05) is 42.5 Å². The highest BCUT2D eigenvalue weighted by molar-refractivity contribution is 7.89. The smallest absolute Gasteiger partial charge is 0.259 e. The summed E-state index contributed by atoms with van der Waals surface area (Å²) in [6.45, 7) is 3.53. The molecule has 3 rings (SSSR count). The molecule has 8 heteroatoms. The van der Waals surface area contributed by atoms with E-state index in [9.17, 15) is 13.2 Å². The van der Waals surface area contributed by atoms with Crippen LogP contribution >= 0.6 is 0 Å². The molecule has 0 heterocycles. The zero-order valence-corrected chi connectivity index (χ0v) is 19.5. The molecule has 0 aliphatic heterocycles. The van der Waals surface area contributed by atoms with Gasteiger partial charge in [-0.3, -0.25) is 4.79 Å². The Morgan fingerprint density at radius 2 is 1.58 bits per heavy atom. The second-order valence-electron chi connectivity index (χ2n) is 7.27. The summed E-state index contributed by atoms with van der Waals surface area (Å²) < 4.78 is 38.0. The van der Waals surface area contributed by atoms with Gasteiger partial charge in [0.25, 0.3) is 5.91 Å². The minimum atomic E-state index is -3.67. The number of amides is 1. The third-order valence-corrected chi connectivity index (χ3v) is 6.71. The number of rotatable bonds is 11. The van der Waals surface area contributed by atoms with Crippen molar-refractivity contribution in [2.24, 2.45) is 0 Å². The maximum atomic E-state index is 12.9. The predicted octanol–water partition coefficient (Wildman–Crippen LogP) is 4.17. The Kier molecular flexibility index (Phi) is 8.59. The number of hydrogen-bond donors (Lipinski definition) is 1. The molecule has 0 saturated heterocycles. The molecule has 1 N–H and O–H groups in total. The SMILES string of the molecule is CCOCCOc1ccccc1C(=O)Nc1ccc(S(=O)(=O)N(C)Cc2ccccc2)cc1. The minimum absolute atomic E-state index is 0.151. The molecule has 0 fully saturated rings. The van der Waals surface area contributed by atoms with Crippen molar-refractivity contribution >= 4 is 21.6 Å². The summed E-state index contributed by atoms with van der Waals surface area (Å²) >= 11 is 0. The summed E-state index contributed by atoms with van der Waals surface area (Å²) in [5, 5.41) is 2.79. The summed E-state index contributed by atoms with van der Waals surface area (Å²) in [5.41, 5.74) is 1.76. The summed E-state index contributed by atoms with van der Waals surface area (Å²) in [6, 6.07) is 22.4. The van der Waals surface area contributed by atoms with Gasteiger partial charge >= 0.3 is 0 Å². The van der Waals surface area contributed by atoms with E-state index in [1.165, 1.54) is 16.4 Å². The van der Waals surface area contributed by atoms with Gasteiger partial charge in [0.1, 0.15) is 12.4 Å². The van der Waals surface area contributed by atoms with Crippen LogP contribution in [0.2, 0.25) is 0 Å². The van der Waals surface area contributed by atoms with Crippen LogP contribution in [-0.4, -0.2) is 45.5 Å². The number of ether oxygens (including phenoxy) is 2. The minimum Gasteiger partial charge on any atom is -0.490 e. The number of nitrogens with one attached hydrogen (secondary N) is 1. The Morgan fingerprint density at radius 1 is 0.909 bits per heavy atom. The molecule has 3 aromatic rings. The standard InChI is InChI=1S/C25H28N2O5S/c1-3-31-17-18-32-24-12-8-7-11-23(24)25(28)26-21-13-15-22(16-14-21)33(29,30)27(2)19-20-9-5-4-6-10-20/h4-16H,3,17-19H2,1-2H3,(H,26,28). The fraction of sp³-hybridized carbons (Fsp3) is 0.240. The predicted molar refractivity (Wildman–Crippen MR) is 128 cm³/mol. The maximum Gasteiger partial charge on any atom is 0.259 e. The van der Waals surface area contributed by atoms with E-state index < -0.39 is 10.0 Å². The lowest BCUT2D eigenvalue weighted by atomic mass is 10.2. The fourth-order valence-corrected chi connectivity index (χ4v) is 4.31. The lowest BCUT2D eigenvalue weighted by Gasteiger charge is -2.17. The van der Waals surface area contributed by atoms with Crippen LogP contribution in [-0.2, 0) is 21.3 Å². The molecule has 0 atom stereocenters. The van der Waals surface area contributed by atoms with Gasteiger partial charge in [0.15, 0.2) is 0 Å². The Bertz CT molecular complexity index is 1150. The molecular weight excluding hydrogens is 440 g/mol. The first-order chi connectivity index (χ1) is 15.9. The molecule has 1 amide bonds. The second-order valence-corrected chi connectivity index (χ2v) is 9.31. The Hall–Kier alpha value is -3.20. The van der Waals surface area contributed by atoms with Crippen molar-refractivity contribution < 1.29 is 22.7 Å². The van der Waals surface area contributed by atoms with Gasteiger partial charge in [-0.25, -0.2) is 8.42 Å². The van der Waals surface area contributed by atoms with E-state index in [-0.39, 0.29) is 17.3 Å². The van der Waals surface area contributed by atoms with E-state index in [1.54, 1.807) is 43.4 Å². The molecule has 0 aliphatic carbocycles. The van der Waals surface area contributed by atoms with E-state index in [0.29, 0.717) is 36.8 Å². The highest BCUT2D eigenvalue weighted by atomic mass is 32.2. The van der Waals surface area contributed by atoms with Gasteiger partial charge in [0.2, 0.25) is 10.0 Å². The van der Waals surface area contributed by atoms with Gasteiger partial charge in [0, 0.05) is 25.9 Å². The Labute approximate surface area is 195 Å². The van der Waals surface area contributed by atoms with Crippen LogP contribution in [0.4, 0.5) is 5.69 Å². The molecule has 0 spiro atoms. The van der Waals surface area contributed by atoms with E-state index in [2.05, 4.69) is 5.32 Å². The summed E-state index contributed by atoms with van der Waals surface area (Å²) in [5.74, 6) is 0.107. The van der Waals surface area contributed by atoms with Gasteiger partial charge in [0.05, 0.1) is 17.1 Å². The van der Waals surface area contributed by atoms with Crippen LogP contribution < -0.4 is 10.1 Å². The number of carbonyl (C=O) groups excluding carboxylic acids is 1. The number of hydrogen-bond acceptors (Lipinski definition) is 5. The summed E-state index contributed by atoms with van der Waals surface area (Å²) in [4.78, 5) is 12.9.